The van der Waals surface area contributed by atoms with E-state index >= 15 is 0 Å². The van der Waals surface area contributed by atoms with Gasteiger partial charge in [0.2, 0.25) is 0 Å². The highest BCUT2D eigenvalue weighted by atomic mass is 35.5. The van der Waals surface area contributed by atoms with Crippen LogP contribution in [0, 0.1) is 11.8 Å². The lowest BCUT2D eigenvalue weighted by Crippen LogP contribution is -2.20. The summed E-state index contributed by atoms with van der Waals surface area (Å²) >= 11 is 6.01. The van der Waals surface area contributed by atoms with E-state index in [1.165, 1.54) is 24.8 Å². The van der Waals surface area contributed by atoms with Crippen LogP contribution in [0.15, 0.2) is 18.3 Å². The van der Waals surface area contributed by atoms with E-state index in [0.29, 0.717) is 11.8 Å². The van der Waals surface area contributed by atoms with E-state index in [0.717, 1.165) is 18.2 Å². The van der Waals surface area contributed by atoms with Crippen molar-refractivity contribution in [1.82, 2.24) is 4.98 Å². The Labute approximate surface area is 122 Å². The zero-order valence-electron chi connectivity index (χ0n) is 12.2. The highest BCUT2D eigenvalue weighted by molar-refractivity contribution is 6.18. The number of nitrogens with one attached hydrogen (secondary N) is 1. The SMILES string of the molecule is CC(C)(C)c1ccc(NCC2CCCC2CCl)nc1. The zero-order valence-corrected chi connectivity index (χ0v) is 13.0. The van der Waals surface area contributed by atoms with E-state index < -0.39 is 0 Å². The van der Waals surface area contributed by atoms with Gasteiger partial charge >= 0.3 is 0 Å². The monoisotopic (exact) mass is 280 g/mol. The molecule has 2 nitrogen and oxygen atoms in total. The summed E-state index contributed by atoms with van der Waals surface area (Å²) in [5.41, 5.74) is 1.44. The molecule has 3 heteroatoms. The fraction of sp³-hybridized carbons (Fsp3) is 0.688. The van der Waals surface area contributed by atoms with Crippen LogP contribution in [0.4, 0.5) is 5.82 Å². The minimum Gasteiger partial charge on any atom is -0.370 e. The summed E-state index contributed by atoms with van der Waals surface area (Å²) in [4.78, 5) is 4.51. The smallest absolute Gasteiger partial charge is 0.125 e. The van der Waals surface area contributed by atoms with Crippen molar-refractivity contribution in [2.75, 3.05) is 17.7 Å². The van der Waals surface area contributed by atoms with Gasteiger partial charge in [-0.1, -0.05) is 33.3 Å². The number of alkyl halides is 1. The van der Waals surface area contributed by atoms with E-state index in [9.17, 15) is 0 Å². The first-order chi connectivity index (χ1) is 9.00. The highest BCUT2D eigenvalue weighted by Crippen LogP contribution is 2.32. The number of nitrogens with zero attached hydrogens (tertiary/aromatic N) is 1. The molecule has 2 atom stereocenters. The summed E-state index contributed by atoms with van der Waals surface area (Å²) in [5, 5.41) is 3.46. The zero-order chi connectivity index (χ0) is 13.9. The van der Waals surface area contributed by atoms with Crippen LogP contribution in [0.5, 0.6) is 0 Å². The number of hydrogen-bond acceptors (Lipinski definition) is 2. The molecule has 1 fully saturated rings. The van der Waals surface area contributed by atoms with Crippen molar-refractivity contribution in [3.05, 3.63) is 23.9 Å². The summed E-state index contributed by atoms with van der Waals surface area (Å²) in [6.45, 7) is 7.63. The van der Waals surface area contributed by atoms with Gasteiger partial charge in [-0.25, -0.2) is 4.98 Å². The highest BCUT2D eigenvalue weighted by Gasteiger charge is 2.26. The molecule has 1 aromatic heterocycles. The van der Waals surface area contributed by atoms with Gasteiger partial charge in [0.1, 0.15) is 5.82 Å². The standard InChI is InChI=1S/C16H25ClN2/c1-16(2,3)14-7-8-15(19-11-14)18-10-13-6-4-5-12(13)9-17/h7-8,11-13H,4-6,9-10H2,1-3H3,(H,18,19). The van der Waals surface area contributed by atoms with Gasteiger partial charge in [0.25, 0.3) is 0 Å². The van der Waals surface area contributed by atoms with Gasteiger partial charge in [-0.2, -0.15) is 0 Å². The maximum absolute atomic E-state index is 6.01. The molecule has 0 aromatic carbocycles. The average molecular weight is 281 g/mol. The van der Waals surface area contributed by atoms with Crippen LogP contribution in [-0.2, 0) is 5.41 Å². The van der Waals surface area contributed by atoms with Gasteiger partial charge in [0, 0.05) is 18.6 Å². The molecule has 0 spiro atoms. The molecule has 2 unspecified atom stereocenters. The van der Waals surface area contributed by atoms with Crippen molar-refractivity contribution in [3.63, 3.8) is 0 Å². The lowest BCUT2D eigenvalue weighted by Gasteiger charge is -2.20. The first kappa shape index (κ1) is 14.6. The second-order valence-corrected chi connectivity index (χ2v) is 6.98. The minimum absolute atomic E-state index is 0.167. The molecule has 1 aliphatic rings. The number of anilines is 1. The lowest BCUT2D eigenvalue weighted by atomic mass is 9.88. The maximum atomic E-state index is 6.01. The largest absolute Gasteiger partial charge is 0.370 e. The van der Waals surface area contributed by atoms with Crippen molar-refractivity contribution >= 4 is 17.4 Å². The molecule has 0 radical (unpaired) electrons. The predicted octanol–water partition coefficient (Wildman–Crippen LogP) is 4.45. The summed E-state index contributed by atoms with van der Waals surface area (Å²) in [7, 11) is 0. The summed E-state index contributed by atoms with van der Waals surface area (Å²) in [5.74, 6) is 3.17. The number of hydrogen-bond donors (Lipinski definition) is 1. The minimum atomic E-state index is 0.167. The Bertz CT molecular complexity index is 394. The van der Waals surface area contributed by atoms with Crippen LogP contribution in [-0.4, -0.2) is 17.4 Å². The third-order valence-corrected chi connectivity index (χ3v) is 4.59. The Hall–Kier alpha value is -0.760. The van der Waals surface area contributed by atoms with E-state index in [1.807, 2.05) is 6.20 Å². The Balaban J connectivity index is 1.90. The molecular weight excluding hydrogens is 256 g/mol. The van der Waals surface area contributed by atoms with E-state index in [2.05, 4.69) is 43.2 Å². The normalized spacial score (nSPS) is 23.6. The molecule has 1 saturated carbocycles. The molecule has 19 heavy (non-hydrogen) atoms. The number of aromatic nitrogens is 1. The molecule has 0 bridgehead atoms. The van der Waals surface area contributed by atoms with Crippen LogP contribution < -0.4 is 5.32 Å². The Kier molecular flexibility index (Phi) is 4.72. The molecular formula is C16H25ClN2. The van der Waals surface area contributed by atoms with Crippen molar-refractivity contribution < 1.29 is 0 Å². The van der Waals surface area contributed by atoms with Crippen molar-refractivity contribution in [3.8, 4) is 0 Å². The maximum Gasteiger partial charge on any atom is 0.125 e. The molecule has 0 aliphatic heterocycles. The van der Waals surface area contributed by atoms with Gasteiger partial charge in [0.05, 0.1) is 0 Å². The van der Waals surface area contributed by atoms with E-state index in [1.54, 1.807) is 0 Å². The van der Waals surface area contributed by atoms with Crippen molar-refractivity contribution in [2.24, 2.45) is 11.8 Å². The van der Waals surface area contributed by atoms with Crippen LogP contribution in [0.1, 0.15) is 45.6 Å². The van der Waals surface area contributed by atoms with E-state index in [4.69, 9.17) is 11.6 Å². The predicted molar refractivity (Wildman–Crippen MR) is 83.0 cm³/mol. The molecule has 2 rings (SSSR count). The van der Waals surface area contributed by atoms with Crippen LogP contribution >= 0.6 is 11.6 Å². The fourth-order valence-corrected chi connectivity index (χ4v) is 3.17. The summed E-state index contributed by atoms with van der Waals surface area (Å²) in [6, 6.07) is 4.26. The molecule has 1 aliphatic carbocycles. The third-order valence-electron chi connectivity index (χ3n) is 4.19. The summed E-state index contributed by atoms with van der Waals surface area (Å²) in [6.07, 6.45) is 5.88. The second-order valence-electron chi connectivity index (χ2n) is 6.67. The van der Waals surface area contributed by atoms with Gasteiger partial charge in [-0.15, -0.1) is 11.6 Å². The Morgan fingerprint density at radius 2 is 2.00 bits per heavy atom. The van der Waals surface area contributed by atoms with Crippen LogP contribution in [0.25, 0.3) is 0 Å². The topological polar surface area (TPSA) is 24.9 Å². The van der Waals surface area contributed by atoms with Crippen molar-refractivity contribution in [1.29, 1.82) is 0 Å². The summed E-state index contributed by atoms with van der Waals surface area (Å²) < 4.78 is 0. The quantitative estimate of drug-likeness (QED) is 0.825. The van der Waals surface area contributed by atoms with Crippen molar-refractivity contribution in [2.45, 2.75) is 45.4 Å². The van der Waals surface area contributed by atoms with Gasteiger partial charge in [0.15, 0.2) is 0 Å². The first-order valence-corrected chi connectivity index (χ1v) is 7.80. The van der Waals surface area contributed by atoms with Crippen LogP contribution in [0.3, 0.4) is 0 Å². The second kappa shape index (κ2) is 6.13. The Morgan fingerprint density at radius 3 is 2.58 bits per heavy atom. The average Bonchev–Trinajstić information content (AvgIpc) is 2.83. The molecule has 1 heterocycles. The lowest BCUT2D eigenvalue weighted by molar-refractivity contribution is 0.444. The number of pyridine rings is 1. The number of rotatable bonds is 4. The fourth-order valence-electron chi connectivity index (χ4n) is 2.76. The molecule has 106 valence electrons. The van der Waals surface area contributed by atoms with Gasteiger partial charge in [-0.3, -0.25) is 0 Å². The molecule has 0 amide bonds. The van der Waals surface area contributed by atoms with Gasteiger partial charge < -0.3 is 5.32 Å². The molecule has 1 aromatic rings. The van der Waals surface area contributed by atoms with Gasteiger partial charge in [-0.05, 0) is 41.7 Å². The molecule has 1 N–H and O–H groups in total. The molecule has 0 saturated heterocycles. The van der Waals surface area contributed by atoms with Crippen LogP contribution in [0.2, 0.25) is 0 Å². The van der Waals surface area contributed by atoms with E-state index in [-0.39, 0.29) is 5.41 Å². The first-order valence-electron chi connectivity index (χ1n) is 7.27. The Morgan fingerprint density at radius 1 is 1.26 bits per heavy atom. The third kappa shape index (κ3) is 3.85. The number of halogens is 1.